The second-order valence-corrected chi connectivity index (χ2v) is 6.00. The predicted octanol–water partition coefficient (Wildman–Crippen LogP) is 3.77. The van der Waals surface area contributed by atoms with Crippen LogP contribution in [0, 0.1) is 5.82 Å². The summed E-state index contributed by atoms with van der Waals surface area (Å²) in [6.07, 6.45) is 0.571. The molecule has 0 saturated heterocycles. The Kier molecular flexibility index (Phi) is 11.2. The van der Waals surface area contributed by atoms with Crippen LogP contribution < -0.4 is 24.8 Å². The van der Waals surface area contributed by atoms with Crippen LogP contribution in [-0.2, 0) is 13.0 Å². The Balaban J connectivity index is 0.00000420. The van der Waals surface area contributed by atoms with Crippen molar-refractivity contribution >= 4 is 29.9 Å². The summed E-state index contributed by atoms with van der Waals surface area (Å²) >= 11 is 0. The number of halogens is 2. The monoisotopic (exact) mass is 517 g/mol. The van der Waals surface area contributed by atoms with E-state index in [2.05, 4.69) is 15.6 Å². The lowest BCUT2D eigenvalue weighted by molar-refractivity contribution is 0.324. The predicted molar refractivity (Wildman–Crippen MR) is 124 cm³/mol. The van der Waals surface area contributed by atoms with Gasteiger partial charge in [-0.3, -0.25) is 0 Å². The molecule has 6 nitrogen and oxygen atoms in total. The van der Waals surface area contributed by atoms with Crippen molar-refractivity contribution in [1.29, 1.82) is 0 Å². The number of hydrogen-bond acceptors (Lipinski definition) is 4. The molecule has 0 aliphatic carbocycles. The van der Waals surface area contributed by atoms with Gasteiger partial charge in [-0.15, -0.1) is 24.0 Å². The number of methoxy groups -OCH3 is 3. The summed E-state index contributed by atoms with van der Waals surface area (Å²) in [6.45, 7) is 3.71. The van der Waals surface area contributed by atoms with Crippen LogP contribution in [0.3, 0.4) is 0 Å². The minimum absolute atomic E-state index is 0. The zero-order valence-electron chi connectivity index (χ0n) is 17.3. The van der Waals surface area contributed by atoms with Crippen molar-refractivity contribution in [2.24, 2.45) is 4.99 Å². The highest BCUT2D eigenvalue weighted by atomic mass is 127. The van der Waals surface area contributed by atoms with Crippen molar-refractivity contribution in [3.8, 4) is 17.2 Å². The van der Waals surface area contributed by atoms with E-state index in [9.17, 15) is 4.39 Å². The molecule has 0 unspecified atom stereocenters. The summed E-state index contributed by atoms with van der Waals surface area (Å²) in [5.41, 5.74) is 1.59. The summed E-state index contributed by atoms with van der Waals surface area (Å²) in [6, 6.07) is 10.5. The van der Waals surface area contributed by atoms with Gasteiger partial charge in [0.2, 0.25) is 5.75 Å². The Morgan fingerprint density at radius 3 is 2.21 bits per heavy atom. The normalized spacial score (nSPS) is 10.7. The molecule has 0 fully saturated rings. The van der Waals surface area contributed by atoms with Crippen LogP contribution in [0.1, 0.15) is 18.1 Å². The molecule has 0 saturated carbocycles. The second-order valence-electron chi connectivity index (χ2n) is 6.00. The van der Waals surface area contributed by atoms with Gasteiger partial charge in [-0.05, 0) is 42.7 Å². The quantitative estimate of drug-likeness (QED) is 0.301. The molecule has 0 aliphatic rings. The van der Waals surface area contributed by atoms with E-state index < -0.39 is 0 Å². The highest BCUT2D eigenvalue weighted by molar-refractivity contribution is 14.0. The molecule has 0 aliphatic heterocycles. The molecule has 2 rings (SSSR count). The van der Waals surface area contributed by atoms with Gasteiger partial charge in [0, 0.05) is 13.1 Å². The SMILES string of the molecule is CCNC(=NCc1cc(OC)c(OC)c(OC)c1)NCCc1ccccc1F.I. The van der Waals surface area contributed by atoms with Crippen LogP contribution in [0.15, 0.2) is 41.4 Å². The van der Waals surface area contributed by atoms with Crippen LogP contribution in [0.2, 0.25) is 0 Å². The molecule has 0 radical (unpaired) electrons. The number of aliphatic imine (C=N–C) groups is 1. The maximum absolute atomic E-state index is 13.7. The second kappa shape index (κ2) is 13.1. The van der Waals surface area contributed by atoms with E-state index in [4.69, 9.17) is 14.2 Å². The Morgan fingerprint density at radius 2 is 1.66 bits per heavy atom. The topological polar surface area (TPSA) is 64.1 Å². The fourth-order valence-electron chi connectivity index (χ4n) is 2.76. The summed E-state index contributed by atoms with van der Waals surface area (Å²) in [7, 11) is 4.73. The van der Waals surface area contributed by atoms with E-state index in [0.29, 0.717) is 48.3 Å². The lowest BCUT2D eigenvalue weighted by atomic mass is 10.1. The molecule has 2 aromatic carbocycles. The standard InChI is InChI=1S/C21H28FN3O3.HI/c1-5-23-21(24-11-10-16-8-6-7-9-17(16)22)25-14-15-12-18(26-2)20(28-4)19(13-15)27-3;/h6-9,12-13H,5,10-11,14H2,1-4H3,(H2,23,24,25);1H. The van der Waals surface area contributed by atoms with Crippen LogP contribution in [0.25, 0.3) is 0 Å². The first-order valence-electron chi connectivity index (χ1n) is 9.17. The zero-order valence-corrected chi connectivity index (χ0v) is 19.6. The molecule has 0 bridgehead atoms. The smallest absolute Gasteiger partial charge is 0.203 e. The first-order chi connectivity index (χ1) is 13.6. The van der Waals surface area contributed by atoms with Gasteiger partial charge in [0.25, 0.3) is 0 Å². The van der Waals surface area contributed by atoms with Gasteiger partial charge in [0.05, 0.1) is 27.9 Å². The van der Waals surface area contributed by atoms with Crippen molar-refractivity contribution < 1.29 is 18.6 Å². The number of guanidine groups is 1. The van der Waals surface area contributed by atoms with Crippen LogP contribution in [0.4, 0.5) is 4.39 Å². The van der Waals surface area contributed by atoms with Gasteiger partial charge in [0.1, 0.15) is 5.82 Å². The maximum Gasteiger partial charge on any atom is 0.203 e. The first kappa shape index (κ1) is 24.8. The maximum atomic E-state index is 13.7. The molecule has 8 heteroatoms. The molecule has 160 valence electrons. The number of rotatable bonds is 9. The summed E-state index contributed by atoms with van der Waals surface area (Å²) in [4.78, 5) is 4.59. The van der Waals surface area contributed by atoms with E-state index in [0.717, 1.165) is 12.1 Å². The molecule has 2 N–H and O–H groups in total. The Labute approximate surface area is 188 Å². The Morgan fingerprint density at radius 1 is 1.00 bits per heavy atom. The third-order valence-corrected chi connectivity index (χ3v) is 4.13. The summed E-state index contributed by atoms with van der Waals surface area (Å²) in [5.74, 6) is 2.19. The van der Waals surface area contributed by atoms with Crippen molar-refractivity contribution in [2.75, 3.05) is 34.4 Å². The average molecular weight is 517 g/mol. The highest BCUT2D eigenvalue weighted by Crippen LogP contribution is 2.38. The fraction of sp³-hybridized carbons (Fsp3) is 0.381. The van der Waals surface area contributed by atoms with Gasteiger partial charge >= 0.3 is 0 Å². The van der Waals surface area contributed by atoms with Gasteiger partial charge in [0.15, 0.2) is 17.5 Å². The fourth-order valence-corrected chi connectivity index (χ4v) is 2.76. The van der Waals surface area contributed by atoms with Crippen molar-refractivity contribution in [2.45, 2.75) is 19.9 Å². The largest absolute Gasteiger partial charge is 0.493 e. The van der Waals surface area contributed by atoms with E-state index in [-0.39, 0.29) is 29.8 Å². The zero-order chi connectivity index (χ0) is 20.4. The summed E-state index contributed by atoms with van der Waals surface area (Å²) in [5, 5.41) is 6.42. The highest BCUT2D eigenvalue weighted by Gasteiger charge is 2.13. The number of nitrogens with zero attached hydrogens (tertiary/aromatic N) is 1. The molecule has 0 amide bonds. The molecule has 0 aromatic heterocycles. The Hall–Kier alpha value is -2.23. The number of ether oxygens (including phenoxy) is 3. The number of benzene rings is 2. The van der Waals surface area contributed by atoms with Crippen molar-refractivity contribution in [3.05, 3.63) is 53.3 Å². The molecule has 0 spiro atoms. The van der Waals surface area contributed by atoms with Gasteiger partial charge in [-0.1, -0.05) is 18.2 Å². The van der Waals surface area contributed by atoms with Crippen LogP contribution in [-0.4, -0.2) is 40.4 Å². The third-order valence-electron chi connectivity index (χ3n) is 4.13. The molecule has 0 atom stereocenters. The van der Waals surface area contributed by atoms with Crippen LogP contribution >= 0.6 is 24.0 Å². The third kappa shape index (κ3) is 7.26. The minimum Gasteiger partial charge on any atom is -0.493 e. The molecule has 2 aromatic rings. The van der Waals surface area contributed by atoms with Crippen molar-refractivity contribution in [3.63, 3.8) is 0 Å². The minimum atomic E-state index is -0.191. The summed E-state index contributed by atoms with van der Waals surface area (Å²) < 4.78 is 29.8. The molecule has 0 heterocycles. The van der Waals surface area contributed by atoms with Gasteiger partial charge in [-0.25, -0.2) is 9.38 Å². The van der Waals surface area contributed by atoms with E-state index in [1.54, 1.807) is 33.5 Å². The first-order valence-corrected chi connectivity index (χ1v) is 9.17. The lowest BCUT2D eigenvalue weighted by Gasteiger charge is -2.14. The van der Waals surface area contributed by atoms with Gasteiger partial charge in [-0.2, -0.15) is 0 Å². The molecular formula is C21H29FIN3O3. The number of nitrogens with one attached hydrogen (secondary N) is 2. The van der Waals surface area contributed by atoms with Crippen molar-refractivity contribution in [1.82, 2.24) is 10.6 Å². The van der Waals surface area contributed by atoms with Crippen LogP contribution in [0.5, 0.6) is 17.2 Å². The van der Waals surface area contributed by atoms with E-state index in [1.807, 2.05) is 25.1 Å². The van der Waals surface area contributed by atoms with E-state index >= 15 is 0 Å². The average Bonchev–Trinajstić information content (AvgIpc) is 2.72. The lowest BCUT2D eigenvalue weighted by Crippen LogP contribution is -2.38. The van der Waals surface area contributed by atoms with Gasteiger partial charge < -0.3 is 24.8 Å². The number of hydrogen-bond donors (Lipinski definition) is 2. The molecule has 29 heavy (non-hydrogen) atoms. The Bertz CT molecular complexity index is 777. The van der Waals surface area contributed by atoms with E-state index in [1.165, 1.54) is 6.07 Å². The molecular weight excluding hydrogens is 488 g/mol.